The van der Waals surface area contributed by atoms with Crippen LogP contribution in [-0.2, 0) is 0 Å². The minimum absolute atomic E-state index is 0.0357. The highest BCUT2D eigenvalue weighted by Gasteiger charge is 2.16. The van der Waals surface area contributed by atoms with Gasteiger partial charge < -0.3 is 9.88 Å². The zero-order chi connectivity index (χ0) is 14.8. The van der Waals surface area contributed by atoms with Crippen molar-refractivity contribution in [2.24, 2.45) is 0 Å². The predicted octanol–water partition coefficient (Wildman–Crippen LogP) is 3.32. The second-order valence-corrected chi connectivity index (χ2v) is 4.96. The molecule has 3 aromatic rings. The van der Waals surface area contributed by atoms with Crippen molar-refractivity contribution in [3.63, 3.8) is 0 Å². The number of pyridine rings is 1. The zero-order valence-corrected chi connectivity index (χ0v) is 12.1. The number of benzene rings is 1. The van der Waals surface area contributed by atoms with Gasteiger partial charge in [0.2, 0.25) is 0 Å². The topological polar surface area (TPSA) is 49.0 Å². The van der Waals surface area contributed by atoms with Crippen molar-refractivity contribution in [3.8, 4) is 11.1 Å². The molecule has 2 heterocycles. The first kappa shape index (κ1) is 13.4. The van der Waals surface area contributed by atoms with Crippen molar-refractivity contribution in [1.29, 1.82) is 0 Å². The molecule has 1 N–H and O–H groups in total. The zero-order valence-electron chi connectivity index (χ0n) is 12.1. The number of carbonyl (C=O) groups excluding carboxylic acids is 1. The van der Waals surface area contributed by atoms with E-state index in [0.717, 1.165) is 27.7 Å². The van der Waals surface area contributed by atoms with Gasteiger partial charge >= 0.3 is 0 Å². The van der Waals surface area contributed by atoms with Crippen LogP contribution in [0, 0.1) is 0 Å². The number of aromatic nitrogens is 2. The number of carbonyl (C=O) groups is 1. The van der Waals surface area contributed by atoms with E-state index in [1.165, 1.54) is 0 Å². The molecule has 4 nitrogen and oxygen atoms in total. The van der Waals surface area contributed by atoms with Crippen molar-refractivity contribution in [3.05, 3.63) is 54.4 Å². The minimum atomic E-state index is 0.0357. The Balaban J connectivity index is 2.19. The lowest BCUT2D eigenvalue weighted by molar-refractivity contribution is 0.0803. The van der Waals surface area contributed by atoms with Gasteiger partial charge in [0.15, 0.2) is 0 Å². The van der Waals surface area contributed by atoms with E-state index in [-0.39, 0.29) is 5.91 Å². The van der Waals surface area contributed by atoms with Crippen molar-refractivity contribution < 1.29 is 4.79 Å². The molecule has 0 aliphatic rings. The Morgan fingerprint density at radius 3 is 2.81 bits per heavy atom. The molecule has 106 valence electrons. The summed E-state index contributed by atoms with van der Waals surface area (Å²) in [5.74, 6) is 0.0357. The lowest BCUT2D eigenvalue weighted by Crippen LogP contribution is -2.26. The van der Waals surface area contributed by atoms with Gasteiger partial charge in [0.25, 0.3) is 5.91 Å². The molecule has 21 heavy (non-hydrogen) atoms. The SMILES string of the molecule is CCN(C)C(=O)c1ccccc1-c1ccnc2[nH]ccc12. The first-order valence-corrected chi connectivity index (χ1v) is 6.99. The van der Waals surface area contributed by atoms with Gasteiger partial charge in [-0.1, -0.05) is 18.2 Å². The van der Waals surface area contributed by atoms with Crippen LogP contribution in [0.5, 0.6) is 0 Å². The lowest BCUT2D eigenvalue weighted by atomic mass is 9.97. The first-order valence-electron chi connectivity index (χ1n) is 6.99. The van der Waals surface area contributed by atoms with Crippen LogP contribution in [0.3, 0.4) is 0 Å². The van der Waals surface area contributed by atoms with Gasteiger partial charge in [-0.2, -0.15) is 0 Å². The largest absolute Gasteiger partial charge is 0.346 e. The van der Waals surface area contributed by atoms with Gasteiger partial charge in [0, 0.05) is 36.9 Å². The van der Waals surface area contributed by atoms with Crippen molar-refractivity contribution in [2.75, 3.05) is 13.6 Å². The molecule has 2 aromatic heterocycles. The van der Waals surface area contributed by atoms with Gasteiger partial charge in [-0.3, -0.25) is 4.79 Å². The molecule has 0 bridgehead atoms. The second-order valence-electron chi connectivity index (χ2n) is 4.96. The van der Waals surface area contributed by atoms with E-state index >= 15 is 0 Å². The fourth-order valence-corrected chi connectivity index (χ4v) is 2.45. The average Bonchev–Trinajstić information content (AvgIpc) is 3.02. The molecule has 1 amide bonds. The Labute approximate surface area is 123 Å². The fraction of sp³-hybridized carbons (Fsp3) is 0.176. The smallest absolute Gasteiger partial charge is 0.254 e. The highest BCUT2D eigenvalue weighted by atomic mass is 16.2. The molecule has 0 saturated heterocycles. The van der Waals surface area contributed by atoms with E-state index in [9.17, 15) is 4.79 Å². The van der Waals surface area contributed by atoms with Crippen molar-refractivity contribution in [2.45, 2.75) is 6.92 Å². The van der Waals surface area contributed by atoms with Crippen molar-refractivity contribution in [1.82, 2.24) is 14.9 Å². The maximum atomic E-state index is 12.5. The third-order valence-electron chi connectivity index (χ3n) is 3.73. The Morgan fingerprint density at radius 1 is 1.19 bits per heavy atom. The maximum absolute atomic E-state index is 12.5. The van der Waals surface area contributed by atoms with E-state index in [1.54, 1.807) is 11.1 Å². The van der Waals surface area contributed by atoms with E-state index < -0.39 is 0 Å². The molecule has 0 aliphatic carbocycles. The first-order chi connectivity index (χ1) is 10.2. The van der Waals surface area contributed by atoms with E-state index in [1.807, 2.05) is 56.6 Å². The summed E-state index contributed by atoms with van der Waals surface area (Å²) in [5.41, 5.74) is 3.51. The maximum Gasteiger partial charge on any atom is 0.254 e. The minimum Gasteiger partial charge on any atom is -0.346 e. The molecule has 0 atom stereocenters. The van der Waals surface area contributed by atoms with Gasteiger partial charge in [0.05, 0.1) is 0 Å². The number of rotatable bonds is 3. The molecule has 3 rings (SSSR count). The van der Waals surface area contributed by atoms with E-state index in [0.29, 0.717) is 6.54 Å². The molecule has 0 radical (unpaired) electrons. The van der Waals surface area contributed by atoms with Crippen LogP contribution in [0.4, 0.5) is 0 Å². The van der Waals surface area contributed by atoms with Crippen LogP contribution in [-0.4, -0.2) is 34.4 Å². The highest BCUT2D eigenvalue weighted by Crippen LogP contribution is 2.30. The summed E-state index contributed by atoms with van der Waals surface area (Å²) in [5, 5.41) is 1.02. The summed E-state index contributed by atoms with van der Waals surface area (Å²) >= 11 is 0. The van der Waals surface area contributed by atoms with Gasteiger partial charge in [-0.15, -0.1) is 0 Å². The highest BCUT2D eigenvalue weighted by molar-refractivity contribution is 6.04. The summed E-state index contributed by atoms with van der Waals surface area (Å²) < 4.78 is 0. The number of nitrogens with one attached hydrogen (secondary N) is 1. The summed E-state index contributed by atoms with van der Waals surface area (Å²) in [4.78, 5) is 21.7. The van der Waals surface area contributed by atoms with E-state index in [4.69, 9.17) is 0 Å². The molecule has 1 aromatic carbocycles. The second kappa shape index (κ2) is 5.40. The molecule has 0 fully saturated rings. The summed E-state index contributed by atoms with van der Waals surface area (Å²) in [6, 6.07) is 11.7. The number of hydrogen-bond acceptors (Lipinski definition) is 2. The van der Waals surface area contributed by atoms with Crippen LogP contribution in [0.15, 0.2) is 48.8 Å². The summed E-state index contributed by atoms with van der Waals surface area (Å²) in [6.07, 6.45) is 3.63. The summed E-state index contributed by atoms with van der Waals surface area (Å²) in [7, 11) is 1.82. The number of amides is 1. The number of aromatic amines is 1. The van der Waals surface area contributed by atoms with Crippen molar-refractivity contribution >= 4 is 16.9 Å². The Morgan fingerprint density at radius 2 is 2.00 bits per heavy atom. The number of fused-ring (bicyclic) bond motifs is 1. The molecule has 4 heteroatoms. The van der Waals surface area contributed by atoms with E-state index in [2.05, 4.69) is 9.97 Å². The molecular formula is C17H17N3O. The Bertz CT molecular complexity index is 791. The van der Waals surface area contributed by atoms with Gasteiger partial charge in [0.1, 0.15) is 5.65 Å². The molecule has 0 saturated carbocycles. The molecule has 0 aliphatic heterocycles. The van der Waals surface area contributed by atoms with Gasteiger partial charge in [-0.25, -0.2) is 4.98 Å². The number of nitrogens with zero attached hydrogens (tertiary/aromatic N) is 2. The monoisotopic (exact) mass is 279 g/mol. The third-order valence-corrected chi connectivity index (χ3v) is 3.73. The predicted molar refractivity (Wildman–Crippen MR) is 84.2 cm³/mol. The Hall–Kier alpha value is -2.62. The number of hydrogen-bond donors (Lipinski definition) is 1. The molecule has 0 unspecified atom stereocenters. The third kappa shape index (κ3) is 2.29. The number of H-pyrrole nitrogens is 1. The standard InChI is InChI=1S/C17H17N3O/c1-3-20(2)17(21)15-7-5-4-6-12(15)13-8-10-18-16-14(13)9-11-19-16/h4-11H,3H2,1-2H3,(H,18,19). The normalized spacial score (nSPS) is 10.8. The van der Waals surface area contributed by atoms with Crippen LogP contribution in [0.1, 0.15) is 17.3 Å². The molecular weight excluding hydrogens is 262 g/mol. The average molecular weight is 279 g/mol. The van der Waals surface area contributed by atoms with Crippen LogP contribution >= 0.6 is 0 Å². The quantitative estimate of drug-likeness (QED) is 0.799. The van der Waals surface area contributed by atoms with Crippen LogP contribution in [0.25, 0.3) is 22.2 Å². The molecule has 0 spiro atoms. The summed E-state index contributed by atoms with van der Waals surface area (Å²) in [6.45, 7) is 2.65. The van der Waals surface area contributed by atoms with Gasteiger partial charge in [-0.05, 0) is 36.2 Å². The van der Waals surface area contributed by atoms with Crippen LogP contribution in [0.2, 0.25) is 0 Å². The lowest BCUT2D eigenvalue weighted by Gasteiger charge is -2.17. The van der Waals surface area contributed by atoms with Crippen LogP contribution < -0.4 is 0 Å². The Kier molecular flexibility index (Phi) is 3.44. The fourth-order valence-electron chi connectivity index (χ4n) is 2.45.